The number of nitrogens with zero attached hydrogens (tertiary/aromatic N) is 3. The minimum absolute atomic E-state index is 0.00258. The zero-order valence-electron chi connectivity index (χ0n) is 13.8. The average Bonchev–Trinajstić information content (AvgIpc) is 2.86. The zero-order valence-corrected chi connectivity index (χ0v) is 13.8. The van der Waals surface area contributed by atoms with Crippen LogP contribution in [-0.4, -0.2) is 33.7 Å². The van der Waals surface area contributed by atoms with Crippen molar-refractivity contribution in [3.8, 4) is 11.3 Å². The fraction of sp³-hybridized carbons (Fsp3) is 0.263. The third kappa shape index (κ3) is 3.42. The molecule has 1 aromatic heterocycles. The maximum Gasteiger partial charge on any atom is 0.243 e. The van der Waals surface area contributed by atoms with Crippen molar-refractivity contribution in [1.29, 1.82) is 0 Å². The van der Waals surface area contributed by atoms with Gasteiger partial charge in [-0.3, -0.25) is 4.79 Å². The highest BCUT2D eigenvalue weighted by Gasteiger charge is 2.21. The van der Waals surface area contributed by atoms with Crippen molar-refractivity contribution in [1.82, 2.24) is 20.5 Å². The highest BCUT2D eigenvalue weighted by atomic mass is 16.2. The molecule has 1 fully saturated rings. The summed E-state index contributed by atoms with van der Waals surface area (Å²) in [5.74, 6) is 0.380. The average molecular weight is 333 g/mol. The molecule has 1 atom stereocenters. The van der Waals surface area contributed by atoms with Crippen LogP contribution in [0.2, 0.25) is 0 Å². The van der Waals surface area contributed by atoms with E-state index in [-0.39, 0.29) is 11.9 Å². The number of amides is 1. The van der Waals surface area contributed by atoms with Gasteiger partial charge in [0.1, 0.15) is 6.04 Å². The molecule has 3 aromatic rings. The minimum atomic E-state index is -0.309. The van der Waals surface area contributed by atoms with E-state index in [4.69, 9.17) is 0 Å². The summed E-state index contributed by atoms with van der Waals surface area (Å²) in [7, 11) is 0. The molecule has 2 heterocycles. The Morgan fingerprint density at radius 2 is 1.96 bits per heavy atom. The van der Waals surface area contributed by atoms with E-state index in [2.05, 4.69) is 50.1 Å². The molecule has 0 aliphatic carbocycles. The van der Waals surface area contributed by atoms with Crippen molar-refractivity contribution in [2.24, 2.45) is 0 Å². The number of hydrogen-bond acceptors (Lipinski definition) is 5. The molecule has 2 aromatic carbocycles. The van der Waals surface area contributed by atoms with Crippen LogP contribution in [0.3, 0.4) is 0 Å². The lowest BCUT2D eigenvalue weighted by atomic mass is 10.1. The molecule has 1 amide bonds. The summed E-state index contributed by atoms with van der Waals surface area (Å²) in [6.45, 7) is 0.729. The van der Waals surface area contributed by atoms with Crippen LogP contribution in [0.15, 0.2) is 48.7 Å². The maximum atomic E-state index is 12.1. The van der Waals surface area contributed by atoms with Crippen molar-refractivity contribution < 1.29 is 4.79 Å². The Morgan fingerprint density at radius 1 is 1.08 bits per heavy atom. The first-order valence-corrected chi connectivity index (χ1v) is 8.53. The molecule has 1 saturated heterocycles. The lowest BCUT2D eigenvalue weighted by molar-refractivity contribution is -0.121. The Morgan fingerprint density at radius 3 is 2.88 bits per heavy atom. The molecule has 6 heteroatoms. The molecular formula is C19H19N5O. The number of carbonyl (C=O) groups is 1. The second-order valence-corrected chi connectivity index (χ2v) is 6.21. The number of rotatable bonds is 3. The van der Waals surface area contributed by atoms with Crippen molar-refractivity contribution in [2.45, 2.75) is 25.3 Å². The maximum absolute atomic E-state index is 12.1. The zero-order chi connectivity index (χ0) is 17.1. The van der Waals surface area contributed by atoms with Gasteiger partial charge in [0.15, 0.2) is 0 Å². The summed E-state index contributed by atoms with van der Waals surface area (Å²) in [5, 5.41) is 16.4. The first-order valence-electron chi connectivity index (χ1n) is 8.53. The van der Waals surface area contributed by atoms with Gasteiger partial charge in [-0.2, -0.15) is 5.10 Å². The van der Waals surface area contributed by atoms with Gasteiger partial charge in [0.25, 0.3) is 0 Å². The Bertz CT molecular complexity index is 911. The van der Waals surface area contributed by atoms with Crippen molar-refractivity contribution in [3.05, 3.63) is 48.7 Å². The molecule has 4 rings (SSSR count). The van der Waals surface area contributed by atoms with E-state index < -0.39 is 0 Å². The summed E-state index contributed by atoms with van der Waals surface area (Å²) in [4.78, 5) is 16.6. The summed E-state index contributed by atoms with van der Waals surface area (Å²) in [6, 6.07) is 14.1. The van der Waals surface area contributed by atoms with Gasteiger partial charge >= 0.3 is 0 Å². The van der Waals surface area contributed by atoms with Gasteiger partial charge in [0, 0.05) is 12.1 Å². The topological polar surface area (TPSA) is 79.8 Å². The normalized spacial score (nSPS) is 17.8. The number of nitrogens with one attached hydrogen (secondary N) is 2. The Kier molecular flexibility index (Phi) is 4.24. The van der Waals surface area contributed by atoms with Crippen molar-refractivity contribution in [3.63, 3.8) is 0 Å². The molecule has 0 saturated carbocycles. The molecule has 0 unspecified atom stereocenters. The van der Waals surface area contributed by atoms with Crippen LogP contribution in [0.1, 0.15) is 19.3 Å². The minimum Gasteiger partial charge on any atom is -0.354 e. The smallest absolute Gasteiger partial charge is 0.243 e. The lowest BCUT2D eigenvalue weighted by Gasteiger charge is -2.15. The predicted molar refractivity (Wildman–Crippen MR) is 97.0 cm³/mol. The van der Waals surface area contributed by atoms with Crippen LogP contribution in [0.4, 0.5) is 5.95 Å². The number of fused-ring (bicyclic) bond motifs is 1. The first-order chi connectivity index (χ1) is 12.3. The molecular weight excluding hydrogens is 314 g/mol. The largest absolute Gasteiger partial charge is 0.354 e. The molecule has 0 bridgehead atoms. The van der Waals surface area contributed by atoms with Gasteiger partial charge in [0.05, 0.1) is 11.9 Å². The van der Waals surface area contributed by atoms with Gasteiger partial charge in [0.2, 0.25) is 11.9 Å². The molecule has 1 aliphatic rings. The third-order valence-electron chi connectivity index (χ3n) is 4.44. The molecule has 2 N–H and O–H groups in total. The SMILES string of the molecule is O=C1NCCCC[C@@H]1Nc1nncc(-c2ccc3ccccc3c2)n1. The van der Waals surface area contributed by atoms with Crippen LogP contribution in [0, 0.1) is 0 Å². The summed E-state index contributed by atoms with van der Waals surface area (Å²) < 4.78 is 0. The van der Waals surface area contributed by atoms with E-state index in [1.54, 1.807) is 6.20 Å². The lowest BCUT2D eigenvalue weighted by Crippen LogP contribution is -2.38. The highest BCUT2D eigenvalue weighted by molar-refractivity contribution is 5.87. The number of anilines is 1. The van der Waals surface area contributed by atoms with E-state index in [9.17, 15) is 4.79 Å². The number of hydrogen-bond donors (Lipinski definition) is 2. The van der Waals surface area contributed by atoms with Gasteiger partial charge in [-0.1, -0.05) is 36.4 Å². The van der Waals surface area contributed by atoms with Crippen LogP contribution in [0.25, 0.3) is 22.0 Å². The van der Waals surface area contributed by atoms with Crippen molar-refractivity contribution >= 4 is 22.6 Å². The van der Waals surface area contributed by atoms with E-state index in [1.165, 1.54) is 5.39 Å². The number of aromatic nitrogens is 3. The number of carbonyl (C=O) groups excluding carboxylic acids is 1. The fourth-order valence-corrected chi connectivity index (χ4v) is 3.09. The highest BCUT2D eigenvalue weighted by Crippen LogP contribution is 2.23. The van der Waals surface area contributed by atoms with E-state index in [0.717, 1.165) is 42.5 Å². The van der Waals surface area contributed by atoms with Crippen molar-refractivity contribution in [2.75, 3.05) is 11.9 Å². The van der Waals surface area contributed by atoms with Crippen LogP contribution >= 0.6 is 0 Å². The molecule has 0 spiro atoms. The van der Waals surface area contributed by atoms with E-state index in [0.29, 0.717) is 5.95 Å². The van der Waals surface area contributed by atoms with Gasteiger partial charge in [-0.05, 0) is 36.1 Å². The molecule has 0 radical (unpaired) electrons. The van der Waals surface area contributed by atoms with E-state index in [1.807, 2.05) is 18.2 Å². The Labute approximate surface area is 145 Å². The molecule has 6 nitrogen and oxygen atoms in total. The molecule has 25 heavy (non-hydrogen) atoms. The summed E-state index contributed by atoms with van der Waals surface area (Å²) >= 11 is 0. The molecule has 126 valence electrons. The Hall–Kier alpha value is -3.02. The summed E-state index contributed by atoms with van der Waals surface area (Å²) in [5.41, 5.74) is 1.71. The van der Waals surface area contributed by atoms with Gasteiger partial charge in [-0.25, -0.2) is 4.98 Å². The van der Waals surface area contributed by atoms with Crippen LogP contribution in [0.5, 0.6) is 0 Å². The third-order valence-corrected chi connectivity index (χ3v) is 4.44. The quantitative estimate of drug-likeness (QED) is 0.770. The van der Waals surface area contributed by atoms with Gasteiger partial charge in [-0.15, -0.1) is 5.10 Å². The first kappa shape index (κ1) is 15.5. The standard InChI is InChI=1S/C19H19N5O/c25-18-16(7-3-4-10-20-18)22-19-23-17(12-21-24-19)15-9-8-13-5-1-2-6-14(13)11-15/h1-2,5-6,8-9,11-12,16H,3-4,7,10H2,(H,20,25)(H,22,23,24)/t16-/m0/s1. The van der Waals surface area contributed by atoms with Gasteiger partial charge < -0.3 is 10.6 Å². The number of benzene rings is 2. The van der Waals surface area contributed by atoms with Crippen LogP contribution < -0.4 is 10.6 Å². The summed E-state index contributed by atoms with van der Waals surface area (Å²) in [6.07, 6.45) is 4.41. The monoisotopic (exact) mass is 333 g/mol. The van der Waals surface area contributed by atoms with Crippen LogP contribution in [-0.2, 0) is 4.79 Å². The second-order valence-electron chi connectivity index (χ2n) is 6.21. The molecule has 1 aliphatic heterocycles. The fourth-order valence-electron chi connectivity index (χ4n) is 3.09. The Balaban J connectivity index is 1.60. The predicted octanol–water partition coefficient (Wildman–Crippen LogP) is 2.77. The second kappa shape index (κ2) is 6.84. The van der Waals surface area contributed by atoms with E-state index >= 15 is 0 Å².